The van der Waals surface area contributed by atoms with Gasteiger partial charge in [-0.15, -0.1) is 0 Å². The summed E-state index contributed by atoms with van der Waals surface area (Å²) in [6.07, 6.45) is 5.97. The van der Waals surface area contributed by atoms with Crippen molar-refractivity contribution in [3.8, 4) is 0 Å². The van der Waals surface area contributed by atoms with E-state index in [1.165, 1.54) is 0 Å². The summed E-state index contributed by atoms with van der Waals surface area (Å²) in [5.74, 6) is -0.682. The Labute approximate surface area is 121 Å². The highest BCUT2D eigenvalue weighted by atomic mass is 16.4. The van der Waals surface area contributed by atoms with Crippen LogP contribution in [0.2, 0.25) is 0 Å². The van der Waals surface area contributed by atoms with Gasteiger partial charge in [0, 0.05) is 18.5 Å². The monoisotopic (exact) mass is 284 g/mol. The molecular formula is C15H28N2O3. The zero-order valence-electron chi connectivity index (χ0n) is 12.7. The molecule has 0 radical (unpaired) electrons. The molecule has 1 aliphatic heterocycles. The lowest BCUT2D eigenvalue weighted by Crippen LogP contribution is -2.47. The summed E-state index contributed by atoms with van der Waals surface area (Å²) in [7, 11) is 0. The minimum absolute atomic E-state index is 0.0703. The molecule has 1 heterocycles. The van der Waals surface area contributed by atoms with Gasteiger partial charge in [-0.2, -0.15) is 0 Å². The molecule has 0 bridgehead atoms. The van der Waals surface area contributed by atoms with Crippen molar-refractivity contribution in [2.45, 2.75) is 70.9 Å². The molecule has 1 aliphatic rings. The lowest BCUT2D eigenvalue weighted by atomic mass is 9.98. The Morgan fingerprint density at radius 3 is 2.60 bits per heavy atom. The zero-order chi connectivity index (χ0) is 15.0. The quantitative estimate of drug-likeness (QED) is 0.715. The van der Waals surface area contributed by atoms with E-state index in [1.54, 1.807) is 0 Å². The largest absolute Gasteiger partial charge is 0.481 e. The number of carbonyl (C=O) groups is 2. The van der Waals surface area contributed by atoms with Crippen molar-refractivity contribution in [3.05, 3.63) is 0 Å². The van der Waals surface area contributed by atoms with Gasteiger partial charge in [-0.3, -0.25) is 14.5 Å². The van der Waals surface area contributed by atoms with E-state index in [2.05, 4.69) is 24.1 Å². The van der Waals surface area contributed by atoms with E-state index in [9.17, 15) is 9.59 Å². The SMILES string of the molecule is CCC(CC)NC(=O)CN1CCCCC1CCC(=O)O. The van der Waals surface area contributed by atoms with Crippen LogP contribution in [-0.2, 0) is 9.59 Å². The fraction of sp³-hybridized carbons (Fsp3) is 0.867. The van der Waals surface area contributed by atoms with Gasteiger partial charge in [0.15, 0.2) is 0 Å². The number of piperidine rings is 1. The maximum Gasteiger partial charge on any atom is 0.303 e. The highest BCUT2D eigenvalue weighted by Crippen LogP contribution is 2.20. The average Bonchev–Trinajstić information content (AvgIpc) is 2.43. The normalized spacial score (nSPS) is 20.1. The summed E-state index contributed by atoms with van der Waals surface area (Å²) in [5, 5.41) is 11.8. The van der Waals surface area contributed by atoms with Crippen LogP contribution in [0.3, 0.4) is 0 Å². The maximum absolute atomic E-state index is 12.1. The number of amides is 1. The van der Waals surface area contributed by atoms with Gasteiger partial charge in [-0.25, -0.2) is 0 Å². The first-order chi connectivity index (χ1) is 9.56. The number of rotatable bonds is 8. The average molecular weight is 284 g/mol. The molecular weight excluding hydrogens is 256 g/mol. The number of hydrogen-bond acceptors (Lipinski definition) is 3. The highest BCUT2D eigenvalue weighted by Gasteiger charge is 2.25. The molecule has 20 heavy (non-hydrogen) atoms. The van der Waals surface area contributed by atoms with Crippen molar-refractivity contribution in [1.29, 1.82) is 0 Å². The summed E-state index contributed by atoms with van der Waals surface area (Å²) in [6.45, 7) is 5.46. The summed E-state index contributed by atoms with van der Waals surface area (Å²) in [6, 6.07) is 0.497. The van der Waals surface area contributed by atoms with E-state index in [-0.39, 0.29) is 24.4 Å². The molecule has 5 heteroatoms. The summed E-state index contributed by atoms with van der Waals surface area (Å²) < 4.78 is 0. The molecule has 0 saturated carbocycles. The van der Waals surface area contributed by atoms with Crippen molar-refractivity contribution in [3.63, 3.8) is 0 Å². The van der Waals surface area contributed by atoms with Crippen molar-refractivity contribution in [2.24, 2.45) is 0 Å². The molecule has 1 fully saturated rings. The van der Waals surface area contributed by atoms with Crippen LogP contribution in [0.1, 0.15) is 58.8 Å². The molecule has 116 valence electrons. The molecule has 1 saturated heterocycles. The Morgan fingerprint density at radius 1 is 1.30 bits per heavy atom. The summed E-state index contributed by atoms with van der Waals surface area (Å²) in [4.78, 5) is 24.9. The van der Waals surface area contributed by atoms with Crippen LogP contribution in [0.5, 0.6) is 0 Å². The third-order valence-electron chi connectivity index (χ3n) is 4.14. The Hall–Kier alpha value is -1.10. The topological polar surface area (TPSA) is 69.6 Å². The summed E-state index contributed by atoms with van der Waals surface area (Å²) >= 11 is 0. The number of likely N-dealkylation sites (tertiary alicyclic amines) is 1. The molecule has 1 amide bonds. The van der Waals surface area contributed by atoms with Gasteiger partial charge < -0.3 is 10.4 Å². The molecule has 0 aromatic rings. The van der Waals surface area contributed by atoms with Gasteiger partial charge >= 0.3 is 5.97 Å². The Bertz CT molecular complexity index is 316. The van der Waals surface area contributed by atoms with E-state index in [0.29, 0.717) is 13.0 Å². The molecule has 0 aromatic heterocycles. The standard InChI is InChI=1S/C15H28N2O3/c1-3-12(4-2)16-14(18)11-17-10-6-5-7-13(17)8-9-15(19)20/h12-13H,3-11H2,1-2H3,(H,16,18)(H,19,20). The molecule has 1 atom stereocenters. The van der Waals surface area contributed by atoms with Crippen LogP contribution >= 0.6 is 0 Å². The van der Waals surface area contributed by atoms with E-state index < -0.39 is 5.97 Å². The number of carbonyl (C=O) groups excluding carboxylic acids is 1. The molecule has 0 aromatic carbocycles. The zero-order valence-corrected chi connectivity index (χ0v) is 12.7. The van der Waals surface area contributed by atoms with E-state index in [0.717, 1.165) is 38.6 Å². The molecule has 1 rings (SSSR count). The number of carboxylic acid groups (broad SMARTS) is 1. The third-order valence-corrected chi connectivity index (χ3v) is 4.14. The van der Waals surface area contributed by atoms with Crippen molar-refractivity contribution in [2.75, 3.05) is 13.1 Å². The van der Waals surface area contributed by atoms with Crippen LogP contribution in [0, 0.1) is 0 Å². The first-order valence-electron chi connectivity index (χ1n) is 7.82. The van der Waals surface area contributed by atoms with E-state index in [4.69, 9.17) is 5.11 Å². The van der Waals surface area contributed by atoms with Crippen LogP contribution in [0.4, 0.5) is 0 Å². The Kier molecular flexibility index (Phi) is 7.59. The second-order valence-electron chi connectivity index (χ2n) is 5.63. The fourth-order valence-electron chi connectivity index (χ4n) is 2.84. The Balaban J connectivity index is 2.44. The van der Waals surface area contributed by atoms with Crippen LogP contribution in [0.15, 0.2) is 0 Å². The van der Waals surface area contributed by atoms with E-state index >= 15 is 0 Å². The smallest absolute Gasteiger partial charge is 0.303 e. The number of nitrogens with one attached hydrogen (secondary N) is 1. The first-order valence-corrected chi connectivity index (χ1v) is 7.82. The van der Waals surface area contributed by atoms with Gasteiger partial charge in [0.1, 0.15) is 0 Å². The van der Waals surface area contributed by atoms with Crippen molar-refractivity contribution in [1.82, 2.24) is 10.2 Å². The van der Waals surface area contributed by atoms with Gasteiger partial charge in [0.25, 0.3) is 0 Å². The molecule has 2 N–H and O–H groups in total. The van der Waals surface area contributed by atoms with Gasteiger partial charge in [0.05, 0.1) is 6.54 Å². The lowest BCUT2D eigenvalue weighted by Gasteiger charge is -2.35. The fourth-order valence-corrected chi connectivity index (χ4v) is 2.84. The number of hydrogen-bond donors (Lipinski definition) is 2. The second kappa shape index (κ2) is 8.95. The van der Waals surface area contributed by atoms with Crippen LogP contribution in [-0.4, -0.2) is 47.1 Å². The predicted molar refractivity (Wildman–Crippen MR) is 78.6 cm³/mol. The minimum Gasteiger partial charge on any atom is -0.481 e. The second-order valence-corrected chi connectivity index (χ2v) is 5.63. The molecule has 0 aliphatic carbocycles. The maximum atomic E-state index is 12.1. The Morgan fingerprint density at radius 2 is 2.00 bits per heavy atom. The van der Waals surface area contributed by atoms with Crippen molar-refractivity contribution >= 4 is 11.9 Å². The summed E-state index contributed by atoms with van der Waals surface area (Å²) in [5.41, 5.74) is 0. The lowest BCUT2D eigenvalue weighted by molar-refractivity contribution is -0.137. The van der Waals surface area contributed by atoms with Gasteiger partial charge in [-0.1, -0.05) is 20.3 Å². The van der Waals surface area contributed by atoms with Crippen molar-refractivity contribution < 1.29 is 14.7 Å². The number of nitrogens with zero attached hydrogens (tertiary/aromatic N) is 1. The van der Waals surface area contributed by atoms with Gasteiger partial charge in [0.2, 0.25) is 5.91 Å². The number of aliphatic carboxylic acids is 1. The predicted octanol–water partition coefficient (Wildman–Crippen LogP) is 2.01. The molecule has 5 nitrogen and oxygen atoms in total. The third kappa shape index (κ3) is 5.90. The number of carboxylic acids is 1. The molecule has 0 spiro atoms. The minimum atomic E-state index is -0.753. The highest BCUT2D eigenvalue weighted by molar-refractivity contribution is 5.78. The first kappa shape index (κ1) is 17.0. The van der Waals surface area contributed by atoms with Crippen LogP contribution in [0.25, 0.3) is 0 Å². The van der Waals surface area contributed by atoms with Gasteiger partial charge in [-0.05, 0) is 38.6 Å². The van der Waals surface area contributed by atoms with Crippen LogP contribution < -0.4 is 5.32 Å². The molecule has 1 unspecified atom stereocenters. The van der Waals surface area contributed by atoms with E-state index in [1.807, 2.05) is 0 Å².